The van der Waals surface area contributed by atoms with Crippen LogP contribution in [0, 0.1) is 0 Å². The van der Waals surface area contributed by atoms with Gasteiger partial charge >= 0.3 is 6.03 Å². The van der Waals surface area contributed by atoms with Gasteiger partial charge in [-0.15, -0.1) is 0 Å². The van der Waals surface area contributed by atoms with E-state index in [0.717, 1.165) is 29.3 Å². The minimum absolute atomic E-state index is 0.0369. The number of hydrogen-bond acceptors (Lipinski definition) is 5. The zero-order valence-corrected chi connectivity index (χ0v) is 24.4. The number of imidazole rings is 1. The third-order valence-corrected chi connectivity index (χ3v) is 6.98. The molecule has 10 nitrogen and oxygen atoms in total. The number of rotatable bonds is 7. The predicted molar refractivity (Wildman–Crippen MR) is 157 cm³/mol. The van der Waals surface area contributed by atoms with Gasteiger partial charge in [0, 0.05) is 70.2 Å². The van der Waals surface area contributed by atoms with Crippen LogP contribution in [0.4, 0.5) is 16.2 Å². The molecule has 212 valence electrons. The minimum atomic E-state index is -0.221. The number of anilines is 2. The summed E-state index contributed by atoms with van der Waals surface area (Å²) in [5, 5.41) is 5.83. The van der Waals surface area contributed by atoms with Crippen LogP contribution in [0.1, 0.15) is 70.7 Å². The van der Waals surface area contributed by atoms with Crippen LogP contribution in [0.15, 0.2) is 48.5 Å². The molecule has 0 unspecified atom stereocenters. The number of amides is 4. The Bertz CT molecular complexity index is 1380. The van der Waals surface area contributed by atoms with Crippen molar-refractivity contribution in [3.63, 3.8) is 0 Å². The summed E-state index contributed by atoms with van der Waals surface area (Å²) in [6.07, 6.45) is 0. The van der Waals surface area contributed by atoms with E-state index in [1.54, 1.807) is 33.1 Å². The van der Waals surface area contributed by atoms with E-state index in [1.807, 2.05) is 48.5 Å². The van der Waals surface area contributed by atoms with Crippen LogP contribution in [0.2, 0.25) is 0 Å². The maximum absolute atomic E-state index is 13.4. The van der Waals surface area contributed by atoms with Crippen molar-refractivity contribution in [2.75, 3.05) is 45.0 Å². The van der Waals surface area contributed by atoms with Crippen molar-refractivity contribution < 1.29 is 14.4 Å². The molecule has 4 amide bonds. The van der Waals surface area contributed by atoms with Crippen LogP contribution in [0.25, 0.3) is 0 Å². The second-order valence-electron chi connectivity index (χ2n) is 11.0. The zero-order chi connectivity index (χ0) is 29.1. The van der Waals surface area contributed by atoms with Crippen LogP contribution >= 0.6 is 0 Å². The van der Waals surface area contributed by atoms with E-state index < -0.39 is 0 Å². The molecule has 0 bridgehead atoms. The molecule has 0 saturated heterocycles. The molecule has 4 rings (SSSR count). The van der Waals surface area contributed by atoms with Gasteiger partial charge in [-0.1, -0.05) is 26.0 Å². The molecule has 1 aliphatic heterocycles. The Labute approximate surface area is 236 Å². The molecule has 1 aliphatic rings. The number of benzene rings is 2. The summed E-state index contributed by atoms with van der Waals surface area (Å²) < 4.78 is 2.21. The summed E-state index contributed by atoms with van der Waals surface area (Å²) in [6, 6.07) is 14.9. The van der Waals surface area contributed by atoms with Gasteiger partial charge in [0.2, 0.25) is 0 Å². The smallest absolute Gasteiger partial charge is 0.321 e. The molecule has 1 aromatic heterocycles. The van der Waals surface area contributed by atoms with Gasteiger partial charge < -0.3 is 29.9 Å². The maximum atomic E-state index is 13.4. The van der Waals surface area contributed by atoms with Crippen LogP contribution in [0.3, 0.4) is 0 Å². The Morgan fingerprint density at radius 1 is 0.975 bits per heavy atom. The van der Waals surface area contributed by atoms with E-state index in [-0.39, 0.29) is 29.8 Å². The molecule has 2 aromatic carbocycles. The van der Waals surface area contributed by atoms with Gasteiger partial charge in [0.15, 0.2) is 5.69 Å². The van der Waals surface area contributed by atoms with Gasteiger partial charge in [0.1, 0.15) is 5.82 Å². The summed E-state index contributed by atoms with van der Waals surface area (Å²) in [5.74, 6) is 0.808. The fourth-order valence-electron chi connectivity index (χ4n) is 4.84. The standard InChI is InChI=1S/C30H39N7O3/c1-19(2)27-33-26(28(38)31-16-21-8-12-23(13-9-21)32-30(40)35(6)7)25-18-36(17-20(3)37(25)27)24-14-10-22(11-15-24)29(39)34(4)5/h8-15,19-20H,16-18H2,1-7H3,(H,31,38)(H,32,40)/t20-/m1/s1. The van der Waals surface area contributed by atoms with E-state index in [9.17, 15) is 14.4 Å². The number of aromatic nitrogens is 2. The van der Waals surface area contributed by atoms with Crippen molar-refractivity contribution in [2.24, 2.45) is 0 Å². The SMILES string of the molecule is CC(C)c1nc(C(=O)NCc2ccc(NC(=O)N(C)C)cc2)c2n1[C@H](C)CN(c1ccc(C(=O)N(C)C)cc1)C2. The van der Waals surface area contributed by atoms with E-state index >= 15 is 0 Å². The number of hydrogen-bond donors (Lipinski definition) is 2. The van der Waals surface area contributed by atoms with Crippen molar-refractivity contribution in [1.29, 1.82) is 0 Å². The van der Waals surface area contributed by atoms with Crippen molar-refractivity contribution in [3.05, 3.63) is 76.9 Å². The summed E-state index contributed by atoms with van der Waals surface area (Å²) in [5.41, 5.74) is 4.56. The third-order valence-electron chi connectivity index (χ3n) is 6.98. The van der Waals surface area contributed by atoms with Crippen LogP contribution < -0.4 is 15.5 Å². The molecule has 0 saturated carbocycles. The number of nitrogens with zero attached hydrogens (tertiary/aromatic N) is 5. The van der Waals surface area contributed by atoms with Gasteiger partial charge in [-0.25, -0.2) is 9.78 Å². The molecule has 0 aliphatic carbocycles. The van der Waals surface area contributed by atoms with E-state index in [0.29, 0.717) is 30.0 Å². The number of carbonyl (C=O) groups excluding carboxylic acids is 3. The second kappa shape index (κ2) is 11.8. The average molecular weight is 546 g/mol. The molecule has 0 fully saturated rings. The highest BCUT2D eigenvalue weighted by Crippen LogP contribution is 2.32. The average Bonchev–Trinajstić information content (AvgIpc) is 3.33. The molecule has 1 atom stereocenters. The molecular weight excluding hydrogens is 506 g/mol. The molecule has 2 N–H and O–H groups in total. The lowest BCUT2D eigenvalue weighted by Gasteiger charge is -2.36. The number of carbonyl (C=O) groups is 3. The van der Waals surface area contributed by atoms with Crippen molar-refractivity contribution in [2.45, 2.75) is 45.8 Å². The number of nitrogens with one attached hydrogen (secondary N) is 2. The fourth-order valence-corrected chi connectivity index (χ4v) is 4.84. The van der Waals surface area contributed by atoms with E-state index in [1.165, 1.54) is 4.90 Å². The first kappa shape index (κ1) is 28.7. The maximum Gasteiger partial charge on any atom is 0.321 e. The van der Waals surface area contributed by atoms with Crippen molar-refractivity contribution >= 4 is 29.2 Å². The summed E-state index contributed by atoms with van der Waals surface area (Å²) in [4.78, 5) is 47.7. The molecule has 0 spiro atoms. The minimum Gasteiger partial charge on any atom is -0.364 e. The molecular formula is C30H39N7O3. The highest BCUT2D eigenvalue weighted by atomic mass is 16.2. The summed E-state index contributed by atoms with van der Waals surface area (Å²) in [7, 11) is 6.85. The van der Waals surface area contributed by atoms with Gasteiger partial charge in [0.05, 0.1) is 12.2 Å². The van der Waals surface area contributed by atoms with E-state index in [4.69, 9.17) is 4.98 Å². The molecule has 0 radical (unpaired) electrons. The topological polar surface area (TPSA) is 103 Å². The first-order valence-corrected chi connectivity index (χ1v) is 13.5. The summed E-state index contributed by atoms with van der Waals surface area (Å²) in [6.45, 7) is 7.97. The lowest BCUT2D eigenvalue weighted by Crippen LogP contribution is -2.38. The highest BCUT2D eigenvalue weighted by molar-refractivity contribution is 5.95. The first-order valence-electron chi connectivity index (χ1n) is 13.5. The monoisotopic (exact) mass is 545 g/mol. The zero-order valence-electron chi connectivity index (χ0n) is 24.4. The predicted octanol–water partition coefficient (Wildman–Crippen LogP) is 4.31. The Morgan fingerprint density at radius 2 is 1.62 bits per heavy atom. The highest BCUT2D eigenvalue weighted by Gasteiger charge is 2.32. The lowest BCUT2D eigenvalue weighted by molar-refractivity contribution is 0.0827. The van der Waals surface area contributed by atoms with Gasteiger partial charge in [0.25, 0.3) is 11.8 Å². The third kappa shape index (κ3) is 6.11. The molecule has 3 aromatic rings. The Hall–Kier alpha value is -4.34. The first-order chi connectivity index (χ1) is 19.0. The van der Waals surface area contributed by atoms with Gasteiger partial charge in [-0.3, -0.25) is 9.59 Å². The Balaban J connectivity index is 1.52. The second-order valence-corrected chi connectivity index (χ2v) is 11.0. The van der Waals surface area contributed by atoms with Crippen LogP contribution in [-0.4, -0.2) is 71.9 Å². The largest absolute Gasteiger partial charge is 0.364 e. The molecule has 10 heteroatoms. The summed E-state index contributed by atoms with van der Waals surface area (Å²) >= 11 is 0. The fraction of sp³-hybridized carbons (Fsp3) is 0.400. The number of fused-ring (bicyclic) bond motifs is 1. The lowest BCUT2D eigenvalue weighted by atomic mass is 10.1. The van der Waals surface area contributed by atoms with Crippen molar-refractivity contribution in [3.8, 4) is 0 Å². The number of urea groups is 1. The Morgan fingerprint density at radius 3 is 2.20 bits per heavy atom. The quantitative estimate of drug-likeness (QED) is 0.461. The van der Waals surface area contributed by atoms with Crippen LogP contribution in [0.5, 0.6) is 0 Å². The Kier molecular flexibility index (Phi) is 8.46. The normalized spacial score (nSPS) is 14.5. The van der Waals surface area contributed by atoms with Gasteiger partial charge in [-0.2, -0.15) is 0 Å². The van der Waals surface area contributed by atoms with Crippen LogP contribution in [-0.2, 0) is 13.1 Å². The van der Waals surface area contributed by atoms with Crippen molar-refractivity contribution in [1.82, 2.24) is 24.7 Å². The molecule has 2 heterocycles. The molecule has 40 heavy (non-hydrogen) atoms. The van der Waals surface area contributed by atoms with Gasteiger partial charge in [-0.05, 0) is 48.9 Å². The van der Waals surface area contributed by atoms with E-state index in [2.05, 4.69) is 40.9 Å².